The van der Waals surface area contributed by atoms with Crippen LogP contribution in [0.15, 0.2) is 41.7 Å². The third kappa shape index (κ3) is 3.11. The number of aromatic nitrogens is 2. The number of nitrogens with two attached hydrogens (primary N) is 1. The van der Waals surface area contributed by atoms with E-state index in [1.54, 1.807) is 24.5 Å². The highest BCUT2D eigenvalue weighted by molar-refractivity contribution is 8.13. The highest BCUT2D eigenvalue weighted by atomic mass is 32.2. The van der Waals surface area contributed by atoms with Crippen LogP contribution in [0.5, 0.6) is 0 Å². The summed E-state index contributed by atoms with van der Waals surface area (Å²) in [6.45, 7) is 1.93. The Labute approximate surface area is 133 Å². The summed E-state index contributed by atoms with van der Waals surface area (Å²) in [5.74, 6) is 1.31. The Morgan fingerprint density at radius 2 is 2.09 bits per heavy atom. The Bertz CT molecular complexity index is 705. The summed E-state index contributed by atoms with van der Waals surface area (Å²) in [6, 6.07) is 6.89. The summed E-state index contributed by atoms with van der Waals surface area (Å²) >= 11 is 1.51. The lowest BCUT2D eigenvalue weighted by Gasteiger charge is -2.30. The molecular weight excluding hydrogens is 299 g/mol. The van der Waals surface area contributed by atoms with Crippen molar-refractivity contribution in [3.05, 3.63) is 59.4 Å². The fourth-order valence-electron chi connectivity index (χ4n) is 2.58. The molecule has 1 aliphatic rings. The second-order valence-corrected chi connectivity index (χ2v) is 6.59. The molecule has 0 unspecified atom stereocenters. The zero-order valence-electron chi connectivity index (χ0n) is 12.3. The smallest absolute Gasteiger partial charge is 0.154 e. The summed E-state index contributed by atoms with van der Waals surface area (Å²) in [7, 11) is 0. The Balaban J connectivity index is 1.95. The molecule has 1 aromatic heterocycles. The Morgan fingerprint density at radius 1 is 1.32 bits per heavy atom. The standard InChI is InChI=1S/C16H17FN4S/c1-16(5-8-22-15(18)21-16)12-9-11(3-4-13(12)17)10-14-19-6-2-7-20-14/h2-4,6-7,9H,5,8,10H2,1H3,(H2,18,21)/t16-/m0/s1. The molecule has 6 heteroatoms. The van der Waals surface area contributed by atoms with Crippen molar-refractivity contribution in [1.29, 1.82) is 0 Å². The van der Waals surface area contributed by atoms with Gasteiger partial charge in [0.2, 0.25) is 0 Å². The topological polar surface area (TPSA) is 64.2 Å². The molecule has 3 rings (SSSR count). The van der Waals surface area contributed by atoms with Gasteiger partial charge in [0.05, 0.1) is 5.54 Å². The van der Waals surface area contributed by atoms with Gasteiger partial charge in [-0.3, -0.25) is 4.99 Å². The van der Waals surface area contributed by atoms with Crippen LogP contribution in [0.4, 0.5) is 4.39 Å². The summed E-state index contributed by atoms with van der Waals surface area (Å²) in [4.78, 5) is 12.9. The first kappa shape index (κ1) is 15.0. The molecule has 0 aliphatic carbocycles. The van der Waals surface area contributed by atoms with Gasteiger partial charge in [0, 0.05) is 30.1 Å². The average Bonchev–Trinajstić information content (AvgIpc) is 2.50. The van der Waals surface area contributed by atoms with Crippen LogP contribution in [0.3, 0.4) is 0 Å². The van der Waals surface area contributed by atoms with Crippen molar-refractivity contribution < 1.29 is 4.39 Å². The van der Waals surface area contributed by atoms with E-state index in [0.717, 1.165) is 17.7 Å². The predicted molar refractivity (Wildman–Crippen MR) is 87.3 cm³/mol. The number of aliphatic imine (C=N–C) groups is 1. The van der Waals surface area contributed by atoms with Gasteiger partial charge >= 0.3 is 0 Å². The fraction of sp³-hybridized carbons (Fsp3) is 0.312. The van der Waals surface area contributed by atoms with Gasteiger partial charge < -0.3 is 5.73 Å². The van der Waals surface area contributed by atoms with E-state index in [0.29, 0.717) is 23.0 Å². The number of amidine groups is 1. The molecule has 1 aliphatic heterocycles. The molecule has 4 nitrogen and oxygen atoms in total. The zero-order chi connectivity index (χ0) is 15.6. The van der Waals surface area contributed by atoms with Gasteiger partial charge in [-0.2, -0.15) is 0 Å². The third-order valence-corrected chi connectivity index (χ3v) is 4.58. The van der Waals surface area contributed by atoms with E-state index < -0.39 is 5.54 Å². The summed E-state index contributed by atoms with van der Waals surface area (Å²) in [5, 5.41) is 0.518. The van der Waals surface area contributed by atoms with Crippen LogP contribution in [-0.4, -0.2) is 20.9 Å². The molecule has 1 atom stereocenters. The Kier molecular flexibility index (Phi) is 4.11. The fourth-order valence-corrected chi connectivity index (χ4v) is 3.55. The van der Waals surface area contributed by atoms with Crippen LogP contribution >= 0.6 is 11.8 Å². The minimum Gasteiger partial charge on any atom is -0.379 e. The van der Waals surface area contributed by atoms with Gasteiger partial charge in [-0.15, -0.1) is 0 Å². The lowest BCUT2D eigenvalue weighted by atomic mass is 9.88. The van der Waals surface area contributed by atoms with Crippen LogP contribution in [0, 0.1) is 5.82 Å². The van der Waals surface area contributed by atoms with E-state index in [1.165, 1.54) is 17.8 Å². The van der Waals surface area contributed by atoms with Crippen molar-refractivity contribution in [2.24, 2.45) is 10.7 Å². The van der Waals surface area contributed by atoms with E-state index in [4.69, 9.17) is 5.73 Å². The first-order valence-corrected chi connectivity index (χ1v) is 8.08. The molecule has 0 saturated carbocycles. The van der Waals surface area contributed by atoms with E-state index >= 15 is 0 Å². The monoisotopic (exact) mass is 316 g/mol. The van der Waals surface area contributed by atoms with E-state index in [9.17, 15) is 4.39 Å². The molecule has 0 radical (unpaired) electrons. The SMILES string of the molecule is C[C@@]1(c2cc(Cc3ncccn3)ccc2F)CCSC(N)=N1. The second kappa shape index (κ2) is 6.04. The Morgan fingerprint density at radius 3 is 2.82 bits per heavy atom. The molecule has 114 valence electrons. The maximum absolute atomic E-state index is 14.3. The van der Waals surface area contributed by atoms with Gasteiger partial charge in [-0.05, 0) is 37.1 Å². The average molecular weight is 316 g/mol. The number of thioether (sulfide) groups is 1. The van der Waals surface area contributed by atoms with Crippen LogP contribution in [-0.2, 0) is 12.0 Å². The number of hydrogen-bond donors (Lipinski definition) is 1. The maximum Gasteiger partial charge on any atom is 0.154 e. The minimum atomic E-state index is -0.604. The predicted octanol–water partition coefficient (Wildman–Crippen LogP) is 2.87. The summed E-state index contributed by atoms with van der Waals surface area (Å²) in [6.07, 6.45) is 4.74. The molecule has 0 amide bonds. The summed E-state index contributed by atoms with van der Waals surface area (Å²) in [5.41, 5.74) is 6.78. The van der Waals surface area contributed by atoms with Gasteiger partial charge in [0.15, 0.2) is 5.17 Å². The normalized spacial score (nSPS) is 21.5. The van der Waals surface area contributed by atoms with Gasteiger partial charge in [0.1, 0.15) is 11.6 Å². The van der Waals surface area contributed by atoms with Crippen LogP contribution in [0.1, 0.15) is 30.3 Å². The van der Waals surface area contributed by atoms with E-state index in [-0.39, 0.29) is 5.82 Å². The number of hydrogen-bond acceptors (Lipinski definition) is 5. The van der Waals surface area contributed by atoms with Crippen LogP contribution in [0.25, 0.3) is 0 Å². The first-order valence-electron chi connectivity index (χ1n) is 7.10. The van der Waals surface area contributed by atoms with Gasteiger partial charge in [-0.25, -0.2) is 14.4 Å². The summed E-state index contributed by atoms with van der Waals surface area (Å²) < 4.78 is 14.3. The van der Waals surface area contributed by atoms with Crippen molar-refractivity contribution in [1.82, 2.24) is 9.97 Å². The third-order valence-electron chi connectivity index (χ3n) is 3.79. The molecule has 1 aromatic carbocycles. The van der Waals surface area contributed by atoms with Crippen molar-refractivity contribution in [2.75, 3.05) is 5.75 Å². The lowest BCUT2D eigenvalue weighted by Crippen LogP contribution is -2.29. The molecular formula is C16H17FN4S. The highest BCUT2D eigenvalue weighted by Crippen LogP contribution is 2.36. The second-order valence-electron chi connectivity index (χ2n) is 5.48. The highest BCUT2D eigenvalue weighted by Gasteiger charge is 2.32. The van der Waals surface area contributed by atoms with Crippen molar-refractivity contribution in [2.45, 2.75) is 25.3 Å². The van der Waals surface area contributed by atoms with Crippen molar-refractivity contribution in [3.8, 4) is 0 Å². The molecule has 0 spiro atoms. The quantitative estimate of drug-likeness (QED) is 0.945. The van der Waals surface area contributed by atoms with E-state index in [2.05, 4.69) is 15.0 Å². The van der Waals surface area contributed by atoms with Gasteiger partial charge in [-0.1, -0.05) is 17.8 Å². The zero-order valence-corrected chi connectivity index (χ0v) is 13.1. The molecule has 0 saturated heterocycles. The lowest BCUT2D eigenvalue weighted by molar-refractivity contribution is 0.449. The largest absolute Gasteiger partial charge is 0.379 e. The molecule has 2 aromatic rings. The molecule has 0 fully saturated rings. The Hall–Kier alpha value is -1.95. The molecule has 0 bridgehead atoms. The molecule has 2 heterocycles. The minimum absolute atomic E-state index is 0.247. The number of halogens is 1. The van der Waals surface area contributed by atoms with Crippen LogP contribution < -0.4 is 5.73 Å². The van der Waals surface area contributed by atoms with Crippen LogP contribution in [0.2, 0.25) is 0 Å². The molecule has 2 N–H and O–H groups in total. The van der Waals surface area contributed by atoms with Crippen molar-refractivity contribution >= 4 is 16.9 Å². The molecule has 22 heavy (non-hydrogen) atoms. The number of rotatable bonds is 3. The van der Waals surface area contributed by atoms with Crippen molar-refractivity contribution in [3.63, 3.8) is 0 Å². The first-order chi connectivity index (χ1) is 10.6. The van der Waals surface area contributed by atoms with E-state index in [1.807, 2.05) is 13.0 Å². The maximum atomic E-state index is 14.3. The van der Waals surface area contributed by atoms with Gasteiger partial charge in [0.25, 0.3) is 0 Å². The number of benzene rings is 1. The number of nitrogens with zero attached hydrogens (tertiary/aromatic N) is 3.